The van der Waals surface area contributed by atoms with E-state index in [4.69, 9.17) is 5.73 Å². The van der Waals surface area contributed by atoms with Gasteiger partial charge in [-0.3, -0.25) is 4.72 Å². The highest BCUT2D eigenvalue weighted by molar-refractivity contribution is 7.92. The molecule has 7 heteroatoms. The lowest BCUT2D eigenvalue weighted by Gasteiger charge is -2.10. The summed E-state index contributed by atoms with van der Waals surface area (Å²) in [5, 5.41) is 0. The number of rotatable bonds is 3. The third kappa shape index (κ3) is 2.88. The number of hydrogen-bond acceptors (Lipinski definition) is 3. The summed E-state index contributed by atoms with van der Waals surface area (Å²) in [6.07, 6.45) is 0. The van der Waals surface area contributed by atoms with Crippen LogP contribution in [0.2, 0.25) is 0 Å². The lowest BCUT2D eigenvalue weighted by molar-refractivity contribution is 0.553. The zero-order chi connectivity index (χ0) is 14.9. The van der Waals surface area contributed by atoms with Crippen molar-refractivity contribution in [1.82, 2.24) is 0 Å². The van der Waals surface area contributed by atoms with Crippen molar-refractivity contribution in [3.05, 3.63) is 53.6 Å². The second-order valence-electron chi connectivity index (χ2n) is 4.28. The standard InChI is InChI=1S/C13H12F2N2O2S/c1-8-2-4-9(5-3-8)17-20(18,19)13-7-12(16)10(14)6-11(13)15/h2-7,17H,16H2,1H3. The largest absolute Gasteiger partial charge is 0.396 e. The summed E-state index contributed by atoms with van der Waals surface area (Å²) in [7, 11) is -4.17. The Morgan fingerprint density at radius 2 is 1.65 bits per heavy atom. The SMILES string of the molecule is Cc1ccc(NS(=O)(=O)c2cc(N)c(F)cc2F)cc1. The smallest absolute Gasteiger partial charge is 0.264 e. The molecule has 0 fully saturated rings. The second-order valence-corrected chi connectivity index (χ2v) is 5.93. The second kappa shape index (κ2) is 5.09. The van der Waals surface area contributed by atoms with Crippen LogP contribution < -0.4 is 10.5 Å². The first-order chi connectivity index (χ1) is 9.29. The van der Waals surface area contributed by atoms with E-state index in [1.165, 1.54) is 12.1 Å². The monoisotopic (exact) mass is 298 g/mol. The third-order valence-electron chi connectivity index (χ3n) is 2.64. The molecule has 0 aliphatic heterocycles. The average molecular weight is 298 g/mol. The summed E-state index contributed by atoms with van der Waals surface area (Å²) in [6.45, 7) is 1.85. The van der Waals surface area contributed by atoms with Gasteiger partial charge in [-0.15, -0.1) is 0 Å². The molecular weight excluding hydrogens is 286 g/mol. The molecule has 0 saturated carbocycles. The van der Waals surface area contributed by atoms with E-state index in [2.05, 4.69) is 4.72 Å². The number of hydrogen-bond donors (Lipinski definition) is 2. The number of aryl methyl sites for hydroxylation is 1. The van der Waals surface area contributed by atoms with Crippen molar-refractivity contribution in [3.63, 3.8) is 0 Å². The number of nitrogens with one attached hydrogen (secondary N) is 1. The van der Waals surface area contributed by atoms with Gasteiger partial charge in [-0.2, -0.15) is 0 Å². The molecule has 0 aliphatic rings. The molecule has 0 unspecified atom stereocenters. The van der Waals surface area contributed by atoms with Gasteiger partial charge in [0, 0.05) is 11.8 Å². The first-order valence-electron chi connectivity index (χ1n) is 5.63. The van der Waals surface area contributed by atoms with E-state index in [-0.39, 0.29) is 5.69 Å². The number of halogens is 2. The van der Waals surface area contributed by atoms with Gasteiger partial charge in [0.25, 0.3) is 10.0 Å². The van der Waals surface area contributed by atoms with E-state index in [0.29, 0.717) is 6.07 Å². The van der Waals surface area contributed by atoms with E-state index in [1.54, 1.807) is 12.1 Å². The van der Waals surface area contributed by atoms with Crippen LogP contribution in [0.1, 0.15) is 5.56 Å². The molecule has 3 N–H and O–H groups in total. The number of benzene rings is 2. The summed E-state index contributed by atoms with van der Waals surface area (Å²) in [4.78, 5) is -0.697. The van der Waals surface area contributed by atoms with Crippen LogP contribution in [-0.2, 0) is 10.0 Å². The quantitative estimate of drug-likeness (QED) is 0.856. The van der Waals surface area contributed by atoms with Crippen LogP contribution in [0.5, 0.6) is 0 Å². The van der Waals surface area contributed by atoms with Crippen molar-refractivity contribution >= 4 is 21.4 Å². The van der Waals surface area contributed by atoms with Crippen molar-refractivity contribution in [2.45, 2.75) is 11.8 Å². The van der Waals surface area contributed by atoms with E-state index < -0.39 is 32.2 Å². The molecule has 0 atom stereocenters. The number of nitrogens with two attached hydrogens (primary N) is 1. The van der Waals surface area contributed by atoms with Crippen LogP contribution >= 0.6 is 0 Å². The Labute approximate surface area is 115 Å². The highest BCUT2D eigenvalue weighted by Gasteiger charge is 2.21. The van der Waals surface area contributed by atoms with Gasteiger partial charge in [0.15, 0.2) is 0 Å². The minimum atomic E-state index is -4.17. The van der Waals surface area contributed by atoms with Gasteiger partial charge in [0.05, 0.1) is 5.69 Å². The molecule has 0 radical (unpaired) electrons. The summed E-state index contributed by atoms with van der Waals surface area (Å²) in [6, 6.07) is 7.68. The number of sulfonamides is 1. The molecule has 2 rings (SSSR count). The number of anilines is 2. The average Bonchev–Trinajstić information content (AvgIpc) is 2.36. The lowest BCUT2D eigenvalue weighted by atomic mass is 10.2. The maximum absolute atomic E-state index is 13.6. The molecule has 0 saturated heterocycles. The predicted molar refractivity (Wildman–Crippen MR) is 72.8 cm³/mol. The Hall–Kier alpha value is -2.15. The third-order valence-corrected chi connectivity index (χ3v) is 4.04. The molecule has 0 aromatic heterocycles. The normalized spacial score (nSPS) is 11.3. The van der Waals surface area contributed by atoms with Crippen molar-refractivity contribution in [2.75, 3.05) is 10.5 Å². The van der Waals surface area contributed by atoms with Crippen LogP contribution in [0.15, 0.2) is 41.3 Å². The fraction of sp³-hybridized carbons (Fsp3) is 0.0769. The maximum atomic E-state index is 13.6. The molecule has 2 aromatic carbocycles. The molecule has 0 spiro atoms. The Bertz CT molecular complexity index is 744. The van der Waals surface area contributed by atoms with Crippen molar-refractivity contribution in [3.8, 4) is 0 Å². The Balaban J connectivity index is 2.40. The van der Waals surface area contributed by atoms with Crippen LogP contribution in [0.4, 0.5) is 20.2 Å². The molecule has 106 valence electrons. The van der Waals surface area contributed by atoms with Crippen molar-refractivity contribution in [2.24, 2.45) is 0 Å². The highest BCUT2D eigenvalue weighted by atomic mass is 32.2. The van der Waals surface area contributed by atoms with E-state index in [1.807, 2.05) is 6.92 Å². The molecule has 2 aromatic rings. The lowest BCUT2D eigenvalue weighted by Crippen LogP contribution is -2.15. The van der Waals surface area contributed by atoms with Crippen LogP contribution in [0, 0.1) is 18.6 Å². The van der Waals surface area contributed by atoms with Gasteiger partial charge in [-0.1, -0.05) is 17.7 Å². The summed E-state index contributed by atoms with van der Waals surface area (Å²) < 4.78 is 52.9. The zero-order valence-electron chi connectivity index (χ0n) is 10.5. The maximum Gasteiger partial charge on any atom is 0.264 e. The Morgan fingerprint density at radius 1 is 1.05 bits per heavy atom. The van der Waals surface area contributed by atoms with E-state index in [0.717, 1.165) is 11.6 Å². The molecule has 0 bridgehead atoms. The van der Waals surface area contributed by atoms with E-state index in [9.17, 15) is 17.2 Å². The molecular formula is C13H12F2N2O2S. The van der Waals surface area contributed by atoms with Crippen LogP contribution in [-0.4, -0.2) is 8.42 Å². The van der Waals surface area contributed by atoms with Gasteiger partial charge in [-0.25, -0.2) is 17.2 Å². The zero-order valence-corrected chi connectivity index (χ0v) is 11.3. The van der Waals surface area contributed by atoms with Gasteiger partial charge in [0.1, 0.15) is 16.5 Å². The fourth-order valence-electron chi connectivity index (χ4n) is 1.58. The van der Waals surface area contributed by atoms with Gasteiger partial charge < -0.3 is 5.73 Å². The molecule has 0 aliphatic carbocycles. The minimum absolute atomic E-state index is 0.276. The van der Waals surface area contributed by atoms with Crippen LogP contribution in [0.3, 0.4) is 0 Å². The summed E-state index contributed by atoms with van der Waals surface area (Å²) >= 11 is 0. The Morgan fingerprint density at radius 3 is 2.25 bits per heavy atom. The first-order valence-corrected chi connectivity index (χ1v) is 7.12. The van der Waals surface area contributed by atoms with E-state index >= 15 is 0 Å². The Kier molecular flexibility index (Phi) is 3.63. The van der Waals surface area contributed by atoms with Gasteiger partial charge in [-0.05, 0) is 25.1 Å². The fourth-order valence-corrected chi connectivity index (χ4v) is 2.74. The van der Waals surface area contributed by atoms with Crippen molar-refractivity contribution in [1.29, 1.82) is 0 Å². The number of nitrogen functional groups attached to an aromatic ring is 1. The van der Waals surface area contributed by atoms with Crippen LogP contribution in [0.25, 0.3) is 0 Å². The minimum Gasteiger partial charge on any atom is -0.396 e. The van der Waals surface area contributed by atoms with Gasteiger partial charge >= 0.3 is 0 Å². The van der Waals surface area contributed by atoms with Crippen molar-refractivity contribution < 1.29 is 17.2 Å². The molecule has 0 amide bonds. The molecule has 4 nitrogen and oxygen atoms in total. The van der Waals surface area contributed by atoms with Gasteiger partial charge in [0.2, 0.25) is 0 Å². The highest BCUT2D eigenvalue weighted by Crippen LogP contribution is 2.23. The summed E-state index contributed by atoms with van der Waals surface area (Å²) in [5.41, 5.74) is 6.06. The predicted octanol–water partition coefficient (Wildman–Crippen LogP) is 2.66. The summed E-state index contributed by atoms with van der Waals surface area (Å²) in [5.74, 6) is -2.20. The first kappa shape index (κ1) is 14.3. The topological polar surface area (TPSA) is 72.2 Å². The molecule has 0 heterocycles. The molecule has 20 heavy (non-hydrogen) atoms.